The van der Waals surface area contributed by atoms with Gasteiger partial charge in [-0.1, -0.05) is 23.7 Å². The first-order valence-corrected chi connectivity index (χ1v) is 7.88. The molecule has 1 saturated carbocycles. The van der Waals surface area contributed by atoms with E-state index in [0.29, 0.717) is 0 Å². The van der Waals surface area contributed by atoms with Gasteiger partial charge >= 0.3 is 0 Å². The van der Waals surface area contributed by atoms with E-state index < -0.39 is 0 Å². The quantitative estimate of drug-likeness (QED) is 0.686. The van der Waals surface area contributed by atoms with Gasteiger partial charge in [-0.3, -0.25) is 4.99 Å². The van der Waals surface area contributed by atoms with E-state index in [9.17, 15) is 0 Å². The number of aliphatic imine (C=N–C) groups is 1. The van der Waals surface area contributed by atoms with Crippen LogP contribution in [0.2, 0.25) is 5.02 Å². The van der Waals surface area contributed by atoms with Crippen LogP contribution in [0, 0.1) is 0 Å². The van der Waals surface area contributed by atoms with Crippen LogP contribution in [0.3, 0.4) is 0 Å². The molecule has 0 bridgehead atoms. The summed E-state index contributed by atoms with van der Waals surface area (Å²) in [5.41, 5.74) is 7.70. The largest absolute Gasteiger partial charge is 0.370 e. The van der Waals surface area contributed by atoms with Crippen LogP contribution in [-0.4, -0.2) is 30.5 Å². The number of halogens is 1. The van der Waals surface area contributed by atoms with Crippen molar-refractivity contribution in [1.82, 2.24) is 4.90 Å². The summed E-state index contributed by atoms with van der Waals surface area (Å²) in [4.78, 5) is 6.89. The molecule has 20 heavy (non-hydrogen) atoms. The minimum atomic E-state index is 0.213. The minimum absolute atomic E-state index is 0.213. The van der Waals surface area contributed by atoms with E-state index in [2.05, 4.69) is 22.0 Å². The average Bonchev–Trinajstić information content (AvgIpc) is 3.27. The van der Waals surface area contributed by atoms with Crippen LogP contribution >= 0.6 is 11.6 Å². The van der Waals surface area contributed by atoms with Crippen LogP contribution in [0.25, 0.3) is 0 Å². The fraction of sp³-hybridized carbons (Fsp3) is 0.562. The van der Waals surface area contributed by atoms with Crippen LogP contribution in [0.4, 0.5) is 0 Å². The lowest BCUT2D eigenvalue weighted by atomic mass is 9.96. The number of guanidine groups is 1. The van der Waals surface area contributed by atoms with Gasteiger partial charge < -0.3 is 10.6 Å². The minimum Gasteiger partial charge on any atom is -0.370 e. The highest BCUT2D eigenvalue weighted by atomic mass is 35.5. The number of likely N-dealkylation sites (tertiary alicyclic amines) is 1. The highest BCUT2D eigenvalue weighted by Crippen LogP contribution is 2.48. The number of nitrogens with two attached hydrogens (primary N) is 1. The van der Waals surface area contributed by atoms with Crippen LogP contribution in [0.15, 0.2) is 29.3 Å². The molecule has 4 heteroatoms. The van der Waals surface area contributed by atoms with Crippen molar-refractivity contribution in [1.29, 1.82) is 0 Å². The zero-order chi connectivity index (χ0) is 14.0. The molecule has 2 fully saturated rings. The van der Waals surface area contributed by atoms with Gasteiger partial charge in [0, 0.05) is 23.5 Å². The standard InChI is InChI=1S/C16H22ClN3/c17-14-6-4-13(5-7-14)16(8-9-16)12-19-15(18)20-10-2-1-3-11-20/h4-7H,1-3,8-12H2,(H2,18,19). The number of piperidine rings is 1. The smallest absolute Gasteiger partial charge is 0.191 e. The van der Waals surface area contributed by atoms with Crippen molar-refractivity contribution in [3.8, 4) is 0 Å². The molecule has 1 heterocycles. The maximum absolute atomic E-state index is 6.14. The van der Waals surface area contributed by atoms with Crippen LogP contribution in [-0.2, 0) is 5.41 Å². The monoisotopic (exact) mass is 291 g/mol. The Balaban J connectivity index is 1.66. The van der Waals surface area contributed by atoms with E-state index in [-0.39, 0.29) is 5.41 Å². The second-order valence-corrected chi connectivity index (χ2v) is 6.45. The molecule has 1 aromatic carbocycles. The Morgan fingerprint density at radius 1 is 1.15 bits per heavy atom. The van der Waals surface area contributed by atoms with E-state index in [4.69, 9.17) is 17.3 Å². The zero-order valence-electron chi connectivity index (χ0n) is 11.8. The molecule has 3 rings (SSSR count). The molecule has 1 aromatic rings. The van der Waals surface area contributed by atoms with Gasteiger partial charge in [-0.05, 0) is 49.8 Å². The normalized spacial score (nSPS) is 21.9. The summed E-state index contributed by atoms with van der Waals surface area (Å²) < 4.78 is 0. The van der Waals surface area contributed by atoms with E-state index in [1.807, 2.05) is 12.1 Å². The first-order valence-electron chi connectivity index (χ1n) is 7.51. The number of benzene rings is 1. The van der Waals surface area contributed by atoms with Crippen molar-refractivity contribution in [3.05, 3.63) is 34.9 Å². The third-order valence-corrected chi connectivity index (χ3v) is 4.79. The fourth-order valence-corrected chi connectivity index (χ4v) is 3.07. The first-order chi connectivity index (χ1) is 9.70. The molecular weight excluding hydrogens is 270 g/mol. The van der Waals surface area contributed by atoms with Crippen molar-refractivity contribution < 1.29 is 0 Å². The predicted molar refractivity (Wildman–Crippen MR) is 84.3 cm³/mol. The molecule has 1 aliphatic heterocycles. The van der Waals surface area contributed by atoms with E-state index in [1.54, 1.807) is 0 Å². The fourth-order valence-electron chi connectivity index (χ4n) is 2.95. The topological polar surface area (TPSA) is 41.6 Å². The van der Waals surface area contributed by atoms with Gasteiger partial charge in [0.1, 0.15) is 0 Å². The molecule has 2 aliphatic rings. The van der Waals surface area contributed by atoms with Gasteiger partial charge in [0.05, 0.1) is 6.54 Å². The zero-order valence-corrected chi connectivity index (χ0v) is 12.6. The molecule has 108 valence electrons. The van der Waals surface area contributed by atoms with Gasteiger partial charge in [0.15, 0.2) is 5.96 Å². The Labute approximate surface area is 125 Å². The lowest BCUT2D eigenvalue weighted by Gasteiger charge is -2.28. The highest BCUT2D eigenvalue weighted by Gasteiger charge is 2.44. The summed E-state index contributed by atoms with van der Waals surface area (Å²) in [6.07, 6.45) is 6.19. The van der Waals surface area contributed by atoms with Crippen LogP contribution < -0.4 is 5.73 Å². The number of rotatable bonds is 3. The lowest BCUT2D eigenvalue weighted by Crippen LogP contribution is -2.41. The molecule has 0 amide bonds. The second kappa shape index (κ2) is 5.65. The Kier molecular flexibility index (Phi) is 3.88. The predicted octanol–water partition coefficient (Wildman–Crippen LogP) is 3.17. The maximum Gasteiger partial charge on any atom is 0.191 e. The molecular formula is C16H22ClN3. The van der Waals surface area contributed by atoms with Crippen molar-refractivity contribution in [2.24, 2.45) is 10.7 Å². The third-order valence-electron chi connectivity index (χ3n) is 4.53. The molecule has 0 unspecified atom stereocenters. The van der Waals surface area contributed by atoms with Crippen molar-refractivity contribution in [2.75, 3.05) is 19.6 Å². The highest BCUT2D eigenvalue weighted by molar-refractivity contribution is 6.30. The molecule has 2 N–H and O–H groups in total. The Morgan fingerprint density at radius 3 is 2.40 bits per heavy atom. The average molecular weight is 292 g/mol. The summed E-state index contributed by atoms with van der Waals surface area (Å²) >= 11 is 5.96. The van der Waals surface area contributed by atoms with Gasteiger partial charge in [-0.2, -0.15) is 0 Å². The van der Waals surface area contributed by atoms with Crippen LogP contribution in [0.5, 0.6) is 0 Å². The van der Waals surface area contributed by atoms with Gasteiger partial charge in [0.25, 0.3) is 0 Å². The van der Waals surface area contributed by atoms with Gasteiger partial charge in [-0.15, -0.1) is 0 Å². The lowest BCUT2D eigenvalue weighted by molar-refractivity contribution is 0.337. The first kappa shape index (κ1) is 13.7. The van der Waals surface area contributed by atoms with E-state index in [1.165, 1.54) is 37.7 Å². The maximum atomic E-state index is 6.14. The van der Waals surface area contributed by atoms with E-state index >= 15 is 0 Å². The molecule has 1 saturated heterocycles. The second-order valence-electron chi connectivity index (χ2n) is 6.01. The van der Waals surface area contributed by atoms with E-state index in [0.717, 1.165) is 30.6 Å². The van der Waals surface area contributed by atoms with Gasteiger partial charge in [-0.25, -0.2) is 0 Å². The van der Waals surface area contributed by atoms with Crippen molar-refractivity contribution in [2.45, 2.75) is 37.5 Å². The number of hydrogen-bond acceptors (Lipinski definition) is 1. The molecule has 0 radical (unpaired) electrons. The summed E-state index contributed by atoms with van der Waals surface area (Å²) in [6, 6.07) is 8.19. The Morgan fingerprint density at radius 2 is 1.80 bits per heavy atom. The molecule has 0 aromatic heterocycles. The Bertz CT molecular complexity index is 485. The summed E-state index contributed by atoms with van der Waals surface area (Å²) in [7, 11) is 0. The van der Waals surface area contributed by atoms with Gasteiger partial charge in [0.2, 0.25) is 0 Å². The summed E-state index contributed by atoms with van der Waals surface area (Å²) in [5.74, 6) is 0.727. The summed E-state index contributed by atoms with van der Waals surface area (Å²) in [5, 5.41) is 0.792. The number of hydrogen-bond donors (Lipinski definition) is 1. The molecule has 1 aliphatic carbocycles. The van der Waals surface area contributed by atoms with Crippen molar-refractivity contribution in [3.63, 3.8) is 0 Å². The molecule has 3 nitrogen and oxygen atoms in total. The summed E-state index contributed by atoms with van der Waals surface area (Å²) in [6.45, 7) is 2.92. The molecule has 0 atom stereocenters. The number of nitrogens with zero attached hydrogens (tertiary/aromatic N) is 2. The van der Waals surface area contributed by atoms with Crippen LogP contribution in [0.1, 0.15) is 37.7 Å². The SMILES string of the molecule is NC(=NCC1(c2ccc(Cl)cc2)CC1)N1CCCCC1. The van der Waals surface area contributed by atoms with Crippen molar-refractivity contribution >= 4 is 17.6 Å². The third kappa shape index (κ3) is 2.93. The molecule has 0 spiro atoms. The Hall–Kier alpha value is -1.22.